The van der Waals surface area contributed by atoms with Gasteiger partial charge in [0.1, 0.15) is 13.6 Å². The Hall–Kier alpha value is -1.19. The molecule has 95 valence electrons. The van der Waals surface area contributed by atoms with Gasteiger partial charge in [-0.05, 0) is 0 Å². The minimum atomic E-state index is 0. The summed E-state index contributed by atoms with van der Waals surface area (Å²) in [6.07, 6.45) is 16.7. The molecule has 0 fully saturated rings. The van der Waals surface area contributed by atoms with Gasteiger partial charge in [-0.2, -0.15) is 12.2 Å². The van der Waals surface area contributed by atoms with E-state index in [2.05, 4.69) is 50.3 Å². The van der Waals surface area contributed by atoms with Gasteiger partial charge < -0.3 is 9.59 Å². The maximum atomic E-state index is 8.00. The molecular weight excluding hydrogens is 259 g/mol. The molecule has 0 N–H and O–H groups in total. The minimum absolute atomic E-state index is 0. The second-order valence-electron chi connectivity index (χ2n) is 2.93. The van der Waals surface area contributed by atoms with Crippen LogP contribution in [0.4, 0.5) is 0 Å². The van der Waals surface area contributed by atoms with Crippen LogP contribution in [0, 0.1) is 12.2 Å². The van der Waals surface area contributed by atoms with E-state index in [0.717, 1.165) is 12.8 Å². The first-order chi connectivity index (χ1) is 7.79. The van der Waals surface area contributed by atoms with Gasteiger partial charge in [-0.3, -0.25) is 12.2 Å². The van der Waals surface area contributed by atoms with Gasteiger partial charge in [-0.15, -0.1) is 12.8 Å². The van der Waals surface area contributed by atoms with E-state index >= 15 is 0 Å². The standard InChI is InChI=1S/2C6H7.2CH2O.Co/c2*1-6-4-2-3-5-6;2*1-2;/h2*2,4H,3H2,1H3;2*1H2;/q2*-1;;;+2. The van der Waals surface area contributed by atoms with Crippen molar-refractivity contribution in [3.05, 3.63) is 47.6 Å². The maximum absolute atomic E-state index is 8.00. The van der Waals surface area contributed by atoms with E-state index in [1.54, 1.807) is 0 Å². The summed E-state index contributed by atoms with van der Waals surface area (Å²) in [6.45, 7) is 8.12. The Labute approximate surface area is 114 Å². The summed E-state index contributed by atoms with van der Waals surface area (Å²) >= 11 is 0. The van der Waals surface area contributed by atoms with Crippen LogP contribution in [0.15, 0.2) is 35.5 Å². The summed E-state index contributed by atoms with van der Waals surface area (Å²) in [5, 5.41) is 0. The van der Waals surface area contributed by atoms with Crippen molar-refractivity contribution in [1.29, 1.82) is 0 Å². The van der Waals surface area contributed by atoms with Crippen molar-refractivity contribution in [3.8, 4) is 0 Å². The summed E-state index contributed by atoms with van der Waals surface area (Å²) in [4.78, 5) is 16.0. The molecule has 0 unspecified atom stereocenters. The van der Waals surface area contributed by atoms with Crippen LogP contribution in [0.2, 0.25) is 0 Å². The number of hydrogen-bond donors (Lipinski definition) is 0. The molecule has 0 aromatic carbocycles. The van der Waals surface area contributed by atoms with Crippen LogP contribution in [-0.4, -0.2) is 13.6 Å². The Balaban J connectivity index is -0.000000171. The zero-order valence-electron chi connectivity index (χ0n) is 10.3. The van der Waals surface area contributed by atoms with Crippen LogP contribution in [-0.2, 0) is 26.4 Å². The number of hydrogen-bond acceptors (Lipinski definition) is 2. The van der Waals surface area contributed by atoms with Crippen LogP contribution in [0.5, 0.6) is 0 Å². The Kier molecular flexibility index (Phi) is 21.4. The number of allylic oxidation sites excluding steroid dienone is 8. The van der Waals surface area contributed by atoms with Crippen molar-refractivity contribution < 1.29 is 26.4 Å². The number of rotatable bonds is 0. The van der Waals surface area contributed by atoms with Gasteiger partial charge in [0, 0.05) is 0 Å². The van der Waals surface area contributed by atoms with E-state index in [1.807, 2.05) is 13.6 Å². The topological polar surface area (TPSA) is 34.1 Å². The quantitative estimate of drug-likeness (QED) is 0.638. The van der Waals surface area contributed by atoms with Crippen molar-refractivity contribution in [1.82, 2.24) is 0 Å². The fraction of sp³-hybridized carbons (Fsp3) is 0.286. The molecule has 3 heteroatoms. The van der Waals surface area contributed by atoms with Gasteiger partial charge in [-0.25, -0.2) is 23.3 Å². The smallest absolute Gasteiger partial charge is 0.307 e. The SMILES string of the molecule is C=O.C=O.CC1=[C-]CC=C1.CC1=[C-]CC=C1.[Co+2]. The molecule has 2 rings (SSSR count). The molecule has 0 spiro atoms. The fourth-order valence-electron chi connectivity index (χ4n) is 1.03. The zero-order valence-corrected chi connectivity index (χ0v) is 11.3. The van der Waals surface area contributed by atoms with Crippen molar-refractivity contribution >= 4 is 13.6 Å². The molecule has 0 amide bonds. The second kappa shape index (κ2) is 17.2. The van der Waals surface area contributed by atoms with Gasteiger partial charge >= 0.3 is 16.8 Å². The first kappa shape index (κ1) is 21.1. The van der Waals surface area contributed by atoms with Crippen LogP contribution in [0.25, 0.3) is 0 Å². The van der Waals surface area contributed by atoms with E-state index < -0.39 is 0 Å². The summed E-state index contributed by atoms with van der Waals surface area (Å²) in [5.74, 6) is 0. The molecule has 17 heavy (non-hydrogen) atoms. The third kappa shape index (κ3) is 14.8. The minimum Gasteiger partial charge on any atom is -0.307 e. The van der Waals surface area contributed by atoms with E-state index in [0.29, 0.717) is 0 Å². The summed E-state index contributed by atoms with van der Waals surface area (Å²) in [5.41, 5.74) is 2.55. The van der Waals surface area contributed by atoms with Crippen LogP contribution in [0.3, 0.4) is 0 Å². The Bertz CT molecular complexity index is 253. The molecule has 2 aliphatic rings. The molecule has 2 nitrogen and oxygen atoms in total. The molecule has 0 saturated carbocycles. The third-order valence-corrected chi connectivity index (χ3v) is 1.73. The van der Waals surface area contributed by atoms with Crippen molar-refractivity contribution in [3.63, 3.8) is 0 Å². The Morgan fingerprint density at radius 1 is 0.882 bits per heavy atom. The second-order valence-corrected chi connectivity index (χ2v) is 2.93. The molecule has 0 bridgehead atoms. The van der Waals surface area contributed by atoms with Crippen LogP contribution < -0.4 is 0 Å². The first-order valence-corrected chi connectivity index (χ1v) is 4.84. The van der Waals surface area contributed by atoms with Crippen molar-refractivity contribution in [2.75, 3.05) is 0 Å². The molecule has 0 atom stereocenters. The predicted molar refractivity (Wildman–Crippen MR) is 66.6 cm³/mol. The molecule has 0 aliphatic heterocycles. The molecule has 1 radical (unpaired) electrons. The summed E-state index contributed by atoms with van der Waals surface area (Å²) < 4.78 is 0. The van der Waals surface area contributed by atoms with E-state index in [-0.39, 0.29) is 16.8 Å². The van der Waals surface area contributed by atoms with Gasteiger partial charge in [0.05, 0.1) is 0 Å². The van der Waals surface area contributed by atoms with Crippen LogP contribution >= 0.6 is 0 Å². The molecular formula is C14H18CoO2. The van der Waals surface area contributed by atoms with E-state index in [4.69, 9.17) is 9.59 Å². The number of carbonyl (C=O) groups is 2. The molecule has 0 heterocycles. The summed E-state index contributed by atoms with van der Waals surface area (Å²) in [6, 6.07) is 0. The van der Waals surface area contributed by atoms with E-state index in [1.165, 1.54) is 11.1 Å². The zero-order chi connectivity index (χ0) is 12.8. The molecule has 0 saturated heterocycles. The van der Waals surface area contributed by atoms with Crippen molar-refractivity contribution in [2.24, 2.45) is 0 Å². The van der Waals surface area contributed by atoms with Gasteiger partial charge in [-0.1, -0.05) is 13.8 Å². The first-order valence-electron chi connectivity index (χ1n) is 4.84. The van der Waals surface area contributed by atoms with Crippen molar-refractivity contribution in [2.45, 2.75) is 26.7 Å². The van der Waals surface area contributed by atoms with Gasteiger partial charge in [0.2, 0.25) is 0 Å². The molecule has 0 aromatic heterocycles. The predicted octanol–water partition coefficient (Wildman–Crippen LogP) is 3.02. The monoisotopic (exact) mass is 277 g/mol. The largest absolute Gasteiger partial charge is 2.00 e. The Morgan fingerprint density at radius 3 is 1.24 bits per heavy atom. The average Bonchev–Trinajstić information content (AvgIpc) is 2.98. The third-order valence-electron chi connectivity index (χ3n) is 1.73. The summed E-state index contributed by atoms with van der Waals surface area (Å²) in [7, 11) is 0. The van der Waals surface area contributed by atoms with Crippen LogP contribution in [0.1, 0.15) is 26.7 Å². The fourth-order valence-corrected chi connectivity index (χ4v) is 1.03. The average molecular weight is 277 g/mol. The number of carbonyl (C=O) groups excluding carboxylic acids is 2. The van der Waals surface area contributed by atoms with Gasteiger partial charge in [0.25, 0.3) is 0 Å². The molecule has 2 aliphatic carbocycles. The normalized spacial score (nSPS) is 13.5. The van der Waals surface area contributed by atoms with Gasteiger partial charge in [0.15, 0.2) is 0 Å². The molecule has 0 aromatic rings. The maximum Gasteiger partial charge on any atom is 2.00 e. The Morgan fingerprint density at radius 2 is 1.18 bits per heavy atom. The van der Waals surface area contributed by atoms with E-state index in [9.17, 15) is 0 Å².